The van der Waals surface area contributed by atoms with Gasteiger partial charge in [0, 0.05) is 15.6 Å². The molecule has 0 saturated heterocycles. The lowest BCUT2D eigenvalue weighted by molar-refractivity contribution is -0.120. The molecular weight excluding hydrogens is 538 g/mol. The predicted octanol–water partition coefficient (Wildman–Crippen LogP) is 3.27. The van der Waals surface area contributed by atoms with Crippen molar-refractivity contribution in [3.05, 3.63) is 54.9 Å². The van der Waals surface area contributed by atoms with Crippen LogP contribution in [0.25, 0.3) is 0 Å². The van der Waals surface area contributed by atoms with Gasteiger partial charge in [0.15, 0.2) is 0 Å². The first-order valence-corrected chi connectivity index (χ1v) is 9.43. The number of halogens is 3. The molecule has 0 spiro atoms. The summed E-state index contributed by atoms with van der Waals surface area (Å²) in [5.74, 6) is -1.32. The lowest BCUT2D eigenvalue weighted by Gasteiger charge is -2.06. The minimum atomic E-state index is -0.541. The van der Waals surface area contributed by atoms with Crippen LogP contribution in [-0.4, -0.2) is 34.8 Å². The van der Waals surface area contributed by atoms with Crippen molar-refractivity contribution in [2.45, 2.75) is 0 Å². The first-order chi connectivity index (χ1) is 12.3. The zero-order valence-corrected chi connectivity index (χ0v) is 17.7. The standard InChI is InChI=1S/C16H12Br3N3O4/c17-10-3-1-2-8(4-10)16(26)20-7-12(23)22-21-6-9-5-11(18)15(25)13(19)14(9)24/h1-6,24-25H,7H2,(H,20,26)(H,22,23). The summed E-state index contributed by atoms with van der Waals surface area (Å²) < 4.78 is 1.20. The van der Waals surface area contributed by atoms with E-state index in [4.69, 9.17) is 0 Å². The number of nitrogens with zero attached hydrogens (tertiary/aromatic N) is 1. The Hall–Kier alpha value is -1.91. The van der Waals surface area contributed by atoms with E-state index in [1.807, 2.05) is 0 Å². The van der Waals surface area contributed by atoms with Gasteiger partial charge in [-0.1, -0.05) is 22.0 Å². The van der Waals surface area contributed by atoms with Crippen molar-refractivity contribution in [2.24, 2.45) is 5.10 Å². The molecule has 0 aliphatic rings. The molecule has 0 atom stereocenters. The van der Waals surface area contributed by atoms with Gasteiger partial charge in [0.1, 0.15) is 16.0 Å². The van der Waals surface area contributed by atoms with Crippen LogP contribution in [0, 0.1) is 0 Å². The number of hydrogen-bond donors (Lipinski definition) is 4. The highest BCUT2D eigenvalue weighted by Crippen LogP contribution is 2.40. The topological polar surface area (TPSA) is 111 Å². The zero-order chi connectivity index (χ0) is 19.3. The van der Waals surface area contributed by atoms with Crippen molar-refractivity contribution in [1.29, 1.82) is 0 Å². The van der Waals surface area contributed by atoms with Crippen molar-refractivity contribution < 1.29 is 19.8 Å². The molecule has 0 fully saturated rings. The van der Waals surface area contributed by atoms with Crippen LogP contribution in [0.3, 0.4) is 0 Å². The highest BCUT2D eigenvalue weighted by atomic mass is 79.9. The number of hydrazone groups is 1. The van der Waals surface area contributed by atoms with E-state index in [1.165, 1.54) is 12.3 Å². The van der Waals surface area contributed by atoms with Crippen LogP contribution in [-0.2, 0) is 4.79 Å². The van der Waals surface area contributed by atoms with Gasteiger partial charge in [0.2, 0.25) is 0 Å². The molecule has 4 N–H and O–H groups in total. The third-order valence-corrected chi connectivity index (χ3v) is 4.94. The Morgan fingerprint density at radius 3 is 2.54 bits per heavy atom. The molecule has 2 aromatic carbocycles. The molecule has 136 valence electrons. The minimum absolute atomic E-state index is 0.0981. The normalized spacial score (nSPS) is 10.7. The van der Waals surface area contributed by atoms with E-state index in [1.54, 1.807) is 24.3 Å². The van der Waals surface area contributed by atoms with E-state index >= 15 is 0 Å². The minimum Gasteiger partial charge on any atom is -0.506 e. The van der Waals surface area contributed by atoms with Crippen molar-refractivity contribution >= 4 is 65.8 Å². The highest BCUT2D eigenvalue weighted by Gasteiger charge is 2.13. The molecule has 0 aliphatic heterocycles. The van der Waals surface area contributed by atoms with Crippen LogP contribution in [0.2, 0.25) is 0 Å². The molecule has 0 radical (unpaired) electrons. The Balaban J connectivity index is 1.91. The Labute approximate surface area is 173 Å². The molecule has 0 bridgehead atoms. The van der Waals surface area contributed by atoms with E-state index < -0.39 is 11.8 Å². The van der Waals surface area contributed by atoms with Crippen molar-refractivity contribution in [3.63, 3.8) is 0 Å². The van der Waals surface area contributed by atoms with Crippen LogP contribution < -0.4 is 10.7 Å². The number of nitrogens with one attached hydrogen (secondary N) is 2. The Bertz CT molecular complexity index is 887. The molecule has 2 aromatic rings. The summed E-state index contributed by atoms with van der Waals surface area (Å²) in [5.41, 5.74) is 2.91. The molecule has 26 heavy (non-hydrogen) atoms. The van der Waals surface area contributed by atoms with Gasteiger partial charge < -0.3 is 15.5 Å². The second-order valence-corrected chi connectivity index (χ2v) is 7.51. The number of phenolic OH excluding ortho intramolecular Hbond substituents is 2. The summed E-state index contributed by atoms with van der Waals surface area (Å²) >= 11 is 9.43. The third kappa shape index (κ3) is 5.29. The Kier molecular flexibility index (Phi) is 7.18. The van der Waals surface area contributed by atoms with Gasteiger partial charge in [0.25, 0.3) is 11.8 Å². The lowest BCUT2D eigenvalue weighted by Crippen LogP contribution is -2.34. The molecule has 7 nitrogen and oxygen atoms in total. The van der Waals surface area contributed by atoms with Gasteiger partial charge in [-0.2, -0.15) is 5.10 Å². The van der Waals surface area contributed by atoms with Crippen LogP contribution in [0.4, 0.5) is 0 Å². The first-order valence-electron chi connectivity index (χ1n) is 7.05. The molecule has 0 heterocycles. The zero-order valence-electron chi connectivity index (χ0n) is 13.0. The SMILES string of the molecule is O=C(CNC(=O)c1cccc(Br)c1)NN=Cc1cc(Br)c(O)c(Br)c1O. The van der Waals surface area contributed by atoms with Crippen LogP contribution >= 0.6 is 47.8 Å². The van der Waals surface area contributed by atoms with Gasteiger partial charge >= 0.3 is 0 Å². The summed E-state index contributed by atoms with van der Waals surface area (Å²) in [6.07, 6.45) is 1.21. The van der Waals surface area contributed by atoms with Gasteiger partial charge in [-0.05, 0) is 56.1 Å². The van der Waals surface area contributed by atoms with Gasteiger partial charge in [0.05, 0.1) is 17.2 Å². The van der Waals surface area contributed by atoms with Gasteiger partial charge in [-0.15, -0.1) is 0 Å². The van der Waals surface area contributed by atoms with E-state index in [-0.39, 0.29) is 28.1 Å². The number of aromatic hydroxyl groups is 2. The number of amides is 2. The molecule has 0 aliphatic carbocycles. The van der Waals surface area contributed by atoms with Crippen LogP contribution in [0.5, 0.6) is 11.5 Å². The highest BCUT2D eigenvalue weighted by molar-refractivity contribution is 9.11. The lowest BCUT2D eigenvalue weighted by atomic mass is 10.2. The summed E-state index contributed by atoms with van der Waals surface area (Å²) in [6.45, 7) is -0.266. The first kappa shape index (κ1) is 20.4. The van der Waals surface area contributed by atoms with E-state index in [0.717, 1.165) is 4.47 Å². The molecular formula is C16H12Br3N3O4. The van der Waals surface area contributed by atoms with Crippen molar-refractivity contribution in [1.82, 2.24) is 10.7 Å². The number of carbonyl (C=O) groups excluding carboxylic acids is 2. The third-order valence-electron chi connectivity index (χ3n) is 3.09. The Morgan fingerprint density at radius 1 is 1.12 bits per heavy atom. The number of hydrogen-bond acceptors (Lipinski definition) is 5. The molecule has 10 heteroatoms. The van der Waals surface area contributed by atoms with E-state index in [2.05, 4.69) is 63.6 Å². The number of phenols is 2. The summed E-state index contributed by atoms with van der Waals surface area (Å²) in [7, 11) is 0. The monoisotopic (exact) mass is 547 g/mol. The smallest absolute Gasteiger partial charge is 0.259 e. The number of rotatable bonds is 5. The van der Waals surface area contributed by atoms with Crippen molar-refractivity contribution in [2.75, 3.05) is 6.54 Å². The predicted molar refractivity (Wildman–Crippen MR) is 107 cm³/mol. The largest absolute Gasteiger partial charge is 0.506 e. The maximum atomic E-state index is 11.9. The second kappa shape index (κ2) is 9.15. The van der Waals surface area contributed by atoms with Gasteiger partial charge in [-0.25, -0.2) is 5.43 Å². The van der Waals surface area contributed by atoms with E-state index in [9.17, 15) is 19.8 Å². The van der Waals surface area contributed by atoms with E-state index in [0.29, 0.717) is 10.0 Å². The molecule has 2 rings (SSSR count). The van der Waals surface area contributed by atoms with Gasteiger partial charge in [-0.3, -0.25) is 9.59 Å². The molecule has 0 unspecified atom stereocenters. The van der Waals surface area contributed by atoms with Crippen LogP contribution in [0.15, 0.2) is 48.9 Å². The fourth-order valence-corrected chi connectivity index (χ4v) is 3.37. The number of carbonyl (C=O) groups is 2. The summed E-state index contributed by atoms with van der Waals surface area (Å²) in [4.78, 5) is 23.7. The van der Waals surface area contributed by atoms with Crippen molar-refractivity contribution in [3.8, 4) is 11.5 Å². The average Bonchev–Trinajstić information content (AvgIpc) is 2.62. The molecule has 0 saturated carbocycles. The Morgan fingerprint density at radius 2 is 1.85 bits per heavy atom. The maximum absolute atomic E-state index is 11.9. The average molecular weight is 550 g/mol. The summed E-state index contributed by atoms with van der Waals surface area (Å²) in [5, 5.41) is 25.7. The maximum Gasteiger partial charge on any atom is 0.259 e. The fourth-order valence-electron chi connectivity index (χ4n) is 1.82. The quantitative estimate of drug-likeness (QED) is 0.339. The van der Waals surface area contributed by atoms with Crippen LogP contribution in [0.1, 0.15) is 15.9 Å². The molecule has 2 amide bonds. The fraction of sp³-hybridized carbons (Fsp3) is 0.0625. The second-order valence-electron chi connectivity index (χ2n) is 4.95. The number of benzene rings is 2. The molecule has 0 aromatic heterocycles. The summed E-state index contributed by atoms with van der Waals surface area (Å²) in [6, 6.07) is 8.19.